The molecule has 0 bridgehead atoms. The van der Waals surface area contributed by atoms with Crippen molar-refractivity contribution in [2.24, 2.45) is 0 Å². The summed E-state index contributed by atoms with van der Waals surface area (Å²) < 4.78 is 0. The molecule has 6 nitrogen and oxygen atoms in total. The lowest BCUT2D eigenvalue weighted by molar-refractivity contribution is 0.210. The van der Waals surface area contributed by atoms with Crippen LogP contribution in [0.15, 0.2) is 18.2 Å². The van der Waals surface area contributed by atoms with E-state index in [1.54, 1.807) is 0 Å². The largest absolute Gasteiger partial charge is 0.355 e. The molecule has 0 aliphatic carbocycles. The molecule has 1 unspecified atom stereocenters. The number of aryl methyl sites for hydroxylation is 1. The third-order valence-electron chi connectivity index (χ3n) is 5.41. The van der Waals surface area contributed by atoms with Gasteiger partial charge in [-0.25, -0.2) is 9.97 Å². The van der Waals surface area contributed by atoms with E-state index in [0.29, 0.717) is 17.5 Å². The molecule has 1 saturated heterocycles. The van der Waals surface area contributed by atoms with Crippen molar-refractivity contribution >= 4 is 39.4 Å². The van der Waals surface area contributed by atoms with Gasteiger partial charge in [-0.3, -0.25) is 0 Å². The number of likely N-dealkylation sites (tertiary alicyclic amines) is 1. The predicted octanol–water partition coefficient (Wildman–Crippen LogP) is 3.89. The Kier molecular flexibility index (Phi) is 4.90. The maximum Gasteiger partial charge on any atom is 0.144 e. The minimum absolute atomic E-state index is 0.368. The summed E-state index contributed by atoms with van der Waals surface area (Å²) in [6.07, 6.45) is 2.84. The molecule has 3 aromatic rings. The topological polar surface area (TPSA) is 71.8 Å². The average molecular weight is 383 g/mol. The van der Waals surface area contributed by atoms with E-state index in [1.165, 1.54) is 0 Å². The van der Waals surface area contributed by atoms with Gasteiger partial charge in [-0.15, -0.1) is 0 Å². The molecule has 1 aromatic carbocycles. The van der Waals surface area contributed by atoms with E-state index in [1.807, 2.05) is 25.1 Å². The number of rotatable bonds is 4. The normalized spacial score (nSPS) is 18.1. The van der Waals surface area contributed by atoms with Crippen LogP contribution in [0, 0.1) is 18.3 Å². The zero-order valence-corrected chi connectivity index (χ0v) is 16.4. The maximum absolute atomic E-state index is 8.88. The summed E-state index contributed by atoms with van der Waals surface area (Å²) >= 11 is 6.16. The first-order valence-electron chi connectivity index (χ1n) is 9.34. The molecule has 1 aliphatic heterocycles. The van der Waals surface area contributed by atoms with Gasteiger partial charge in [0.25, 0.3) is 0 Å². The Labute approximate surface area is 163 Å². The molecule has 2 aromatic heterocycles. The number of fused-ring (bicyclic) bond motifs is 3. The molecule has 0 spiro atoms. The van der Waals surface area contributed by atoms with Crippen molar-refractivity contribution < 1.29 is 0 Å². The van der Waals surface area contributed by atoms with Gasteiger partial charge >= 0.3 is 0 Å². The van der Waals surface area contributed by atoms with Crippen LogP contribution in [0.1, 0.15) is 25.1 Å². The standard InChI is InChI=1S/C20H23ClN6/c1-13-23-19-18(16-7-6-14(21)11-17(16)25-19)20(24-13)26(2)15-5-3-9-27(12-15)10-4-8-22/h6-7,11,15H,3-5,9-10,12H2,1-2H3,(H,23,24,25). The van der Waals surface area contributed by atoms with E-state index in [-0.39, 0.29) is 0 Å². The lowest BCUT2D eigenvalue weighted by atomic mass is 10.0. The van der Waals surface area contributed by atoms with Gasteiger partial charge in [0.15, 0.2) is 0 Å². The number of H-pyrrole nitrogens is 1. The molecule has 1 fully saturated rings. The molecule has 1 N–H and O–H groups in total. The van der Waals surface area contributed by atoms with Crippen LogP contribution >= 0.6 is 11.6 Å². The highest BCUT2D eigenvalue weighted by Crippen LogP contribution is 2.34. The van der Waals surface area contributed by atoms with Crippen molar-refractivity contribution in [3.8, 4) is 6.07 Å². The number of nitrogens with zero attached hydrogens (tertiary/aromatic N) is 5. The number of aromatic amines is 1. The molecule has 140 valence electrons. The number of benzene rings is 1. The number of hydrogen-bond acceptors (Lipinski definition) is 5. The van der Waals surface area contributed by atoms with Gasteiger partial charge in [-0.1, -0.05) is 17.7 Å². The molecule has 1 atom stereocenters. The SMILES string of the molecule is Cc1nc(N(C)C2CCCN(CCC#N)C2)c2c(n1)[nH]c1cc(Cl)ccc12. The summed E-state index contributed by atoms with van der Waals surface area (Å²) in [7, 11) is 2.12. The number of aromatic nitrogens is 3. The van der Waals surface area contributed by atoms with Crippen LogP contribution in [-0.2, 0) is 0 Å². The molecular formula is C20H23ClN6. The highest BCUT2D eigenvalue weighted by Gasteiger charge is 2.26. The van der Waals surface area contributed by atoms with Gasteiger partial charge in [0.1, 0.15) is 17.3 Å². The lowest BCUT2D eigenvalue weighted by Gasteiger charge is -2.38. The number of likely N-dealkylation sites (N-methyl/N-ethyl adjacent to an activating group) is 1. The first kappa shape index (κ1) is 18.0. The molecule has 0 saturated carbocycles. The lowest BCUT2D eigenvalue weighted by Crippen LogP contribution is -2.47. The molecule has 0 radical (unpaired) electrons. The van der Waals surface area contributed by atoms with E-state index < -0.39 is 0 Å². The van der Waals surface area contributed by atoms with Crippen molar-refractivity contribution in [1.29, 1.82) is 5.26 Å². The van der Waals surface area contributed by atoms with Crippen LogP contribution in [0.25, 0.3) is 21.9 Å². The van der Waals surface area contributed by atoms with Crippen molar-refractivity contribution in [3.05, 3.63) is 29.0 Å². The minimum Gasteiger partial charge on any atom is -0.355 e. The number of anilines is 1. The molecule has 0 amide bonds. The Morgan fingerprint density at radius 2 is 2.26 bits per heavy atom. The highest BCUT2D eigenvalue weighted by molar-refractivity contribution is 6.31. The zero-order valence-electron chi connectivity index (χ0n) is 15.7. The zero-order chi connectivity index (χ0) is 19.0. The van der Waals surface area contributed by atoms with Crippen LogP contribution < -0.4 is 4.90 Å². The van der Waals surface area contributed by atoms with Gasteiger partial charge in [0, 0.05) is 48.5 Å². The first-order chi connectivity index (χ1) is 13.1. The smallest absolute Gasteiger partial charge is 0.144 e. The van der Waals surface area contributed by atoms with Crippen LogP contribution in [0.3, 0.4) is 0 Å². The fraction of sp³-hybridized carbons (Fsp3) is 0.450. The van der Waals surface area contributed by atoms with E-state index >= 15 is 0 Å². The molecule has 1 aliphatic rings. The third-order valence-corrected chi connectivity index (χ3v) is 5.64. The molecule has 27 heavy (non-hydrogen) atoms. The number of halogens is 1. The van der Waals surface area contributed by atoms with E-state index in [2.05, 4.69) is 32.9 Å². The van der Waals surface area contributed by atoms with E-state index in [0.717, 1.165) is 66.1 Å². The number of nitriles is 1. The molecule has 7 heteroatoms. The fourth-order valence-corrected chi connectivity index (χ4v) is 4.22. The van der Waals surface area contributed by atoms with Crippen molar-refractivity contribution in [1.82, 2.24) is 19.9 Å². The van der Waals surface area contributed by atoms with Gasteiger partial charge < -0.3 is 14.8 Å². The molecule has 3 heterocycles. The number of hydrogen-bond donors (Lipinski definition) is 1. The Morgan fingerprint density at radius 3 is 3.07 bits per heavy atom. The van der Waals surface area contributed by atoms with Crippen LogP contribution in [0.4, 0.5) is 5.82 Å². The molecule has 4 rings (SSSR count). The summed E-state index contributed by atoms with van der Waals surface area (Å²) in [5.41, 5.74) is 1.82. The number of piperidine rings is 1. The van der Waals surface area contributed by atoms with Crippen molar-refractivity contribution in [2.45, 2.75) is 32.2 Å². The van der Waals surface area contributed by atoms with Crippen molar-refractivity contribution in [2.75, 3.05) is 31.6 Å². The van der Waals surface area contributed by atoms with Crippen molar-refractivity contribution in [3.63, 3.8) is 0 Å². The Bertz CT molecular complexity index is 1020. The van der Waals surface area contributed by atoms with Crippen LogP contribution in [0.2, 0.25) is 5.02 Å². The van der Waals surface area contributed by atoms with Gasteiger partial charge in [-0.2, -0.15) is 5.26 Å². The summed E-state index contributed by atoms with van der Waals surface area (Å²) in [6.45, 7) is 4.78. The number of nitrogens with one attached hydrogen (secondary N) is 1. The Morgan fingerprint density at radius 1 is 1.41 bits per heavy atom. The summed E-state index contributed by atoms with van der Waals surface area (Å²) in [5, 5.41) is 11.7. The summed E-state index contributed by atoms with van der Waals surface area (Å²) in [6, 6.07) is 8.50. The monoisotopic (exact) mass is 382 g/mol. The Hall–Kier alpha value is -2.36. The van der Waals surface area contributed by atoms with Gasteiger partial charge in [0.05, 0.1) is 11.5 Å². The van der Waals surface area contributed by atoms with E-state index in [9.17, 15) is 0 Å². The van der Waals surface area contributed by atoms with Gasteiger partial charge in [0.2, 0.25) is 0 Å². The quantitative estimate of drug-likeness (QED) is 0.741. The van der Waals surface area contributed by atoms with Gasteiger partial charge in [-0.05, 0) is 38.4 Å². The van der Waals surface area contributed by atoms with Crippen LogP contribution in [-0.4, -0.2) is 52.6 Å². The Balaban J connectivity index is 1.74. The fourth-order valence-electron chi connectivity index (χ4n) is 4.05. The third kappa shape index (κ3) is 3.45. The average Bonchev–Trinajstić information content (AvgIpc) is 3.02. The second kappa shape index (κ2) is 7.34. The predicted molar refractivity (Wildman–Crippen MR) is 109 cm³/mol. The highest BCUT2D eigenvalue weighted by atomic mass is 35.5. The van der Waals surface area contributed by atoms with Crippen LogP contribution in [0.5, 0.6) is 0 Å². The summed E-state index contributed by atoms with van der Waals surface area (Å²) in [5.74, 6) is 1.71. The first-order valence-corrected chi connectivity index (χ1v) is 9.72. The maximum atomic E-state index is 8.88. The summed E-state index contributed by atoms with van der Waals surface area (Å²) in [4.78, 5) is 17.5. The second-order valence-electron chi connectivity index (χ2n) is 7.25. The minimum atomic E-state index is 0.368. The second-order valence-corrected chi connectivity index (χ2v) is 7.69. The van der Waals surface area contributed by atoms with E-state index in [4.69, 9.17) is 21.8 Å². The molecular weight excluding hydrogens is 360 g/mol.